The van der Waals surface area contributed by atoms with Crippen LogP contribution in [-0.4, -0.2) is 22.0 Å². The quantitative estimate of drug-likeness (QED) is 0.616. The maximum Gasteiger partial charge on any atom is 0.248 e. The maximum absolute atomic E-state index is 11.4. The molecule has 0 atom stereocenters. The number of amides is 2. The van der Waals surface area contributed by atoms with E-state index in [0.29, 0.717) is 29.5 Å². The molecule has 22 heavy (non-hydrogen) atoms. The third-order valence-electron chi connectivity index (χ3n) is 3.38. The lowest BCUT2D eigenvalue weighted by molar-refractivity contribution is 0.0987. The standard InChI is InChI=1S/C16H16N2O4/c17-15(21)11-4-5-12(16(18)22)10(8-11)3-1-9-2-6-13(19)14(20)7-9/h2,4-8,19-20H,1,3H2,(H2,17,21)(H2,18,22). The monoisotopic (exact) mass is 300 g/mol. The van der Waals surface area contributed by atoms with Gasteiger partial charge < -0.3 is 21.7 Å². The molecule has 114 valence electrons. The first-order chi connectivity index (χ1) is 10.4. The Morgan fingerprint density at radius 3 is 2.18 bits per heavy atom. The fourth-order valence-corrected chi connectivity index (χ4v) is 2.20. The van der Waals surface area contributed by atoms with Gasteiger partial charge in [-0.1, -0.05) is 6.07 Å². The van der Waals surface area contributed by atoms with Gasteiger partial charge in [0, 0.05) is 11.1 Å². The molecule has 6 N–H and O–H groups in total. The molecule has 2 amide bonds. The molecule has 0 aliphatic carbocycles. The predicted molar refractivity (Wildman–Crippen MR) is 80.7 cm³/mol. The summed E-state index contributed by atoms with van der Waals surface area (Å²) in [5, 5.41) is 18.8. The number of aromatic hydroxyl groups is 2. The van der Waals surface area contributed by atoms with Gasteiger partial charge in [0.25, 0.3) is 0 Å². The Morgan fingerprint density at radius 1 is 0.864 bits per heavy atom. The summed E-state index contributed by atoms with van der Waals surface area (Å²) in [6, 6.07) is 8.97. The highest BCUT2D eigenvalue weighted by Crippen LogP contribution is 2.25. The van der Waals surface area contributed by atoms with Crippen molar-refractivity contribution < 1.29 is 19.8 Å². The van der Waals surface area contributed by atoms with Gasteiger partial charge >= 0.3 is 0 Å². The van der Waals surface area contributed by atoms with E-state index in [-0.39, 0.29) is 11.5 Å². The molecule has 0 aliphatic rings. The van der Waals surface area contributed by atoms with Crippen LogP contribution in [0.1, 0.15) is 31.8 Å². The van der Waals surface area contributed by atoms with Gasteiger partial charge in [-0.15, -0.1) is 0 Å². The van der Waals surface area contributed by atoms with E-state index >= 15 is 0 Å². The summed E-state index contributed by atoms with van der Waals surface area (Å²) in [5.74, 6) is -1.57. The zero-order valence-electron chi connectivity index (χ0n) is 11.7. The first-order valence-electron chi connectivity index (χ1n) is 6.62. The van der Waals surface area contributed by atoms with Gasteiger partial charge in [0.15, 0.2) is 11.5 Å². The summed E-state index contributed by atoms with van der Waals surface area (Å²) in [4.78, 5) is 22.7. The number of benzene rings is 2. The Balaban J connectivity index is 2.26. The molecule has 0 fully saturated rings. The number of carbonyl (C=O) groups is 2. The molecule has 0 heterocycles. The average Bonchev–Trinajstić information content (AvgIpc) is 2.48. The van der Waals surface area contributed by atoms with Crippen molar-refractivity contribution in [3.63, 3.8) is 0 Å². The lowest BCUT2D eigenvalue weighted by Gasteiger charge is -2.09. The van der Waals surface area contributed by atoms with E-state index in [1.807, 2.05) is 0 Å². The SMILES string of the molecule is NC(=O)c1ccc(C(N)=O)c(CCc2ccc(O)c(O)c2)c1. The number of aryl methyl sites for hydroxylation is 2. The Bertz CT molecular complexity index is 741. The van der Waals surface area contributed by atoms with Crippen LogP contribution in [-0.2, 0) is 12.8 Å². The highest BCUT2D eigenvalue weighted by atomic mass is 16.3. The number of carbonyl (C=O) groups excluding carboxylic acids is 2. The molecule has 0 radical (unpaired) electrons. The second-order valence-electron chi connectivity index (χ2n) is 4.92. The predicted octanol–water partition coefficient (Wildman–Crippen LogP) is 1.08. The molecule has 0 saturated heterocycles. The highest BCUT2D eigenvalue weighted by Gasteiger charge is 2.12. The number of phenols is 2. The van der Waals surface area contributed by atoms with Gasteiger partial charge in [-0.2, -0.15) is 0 Å². The maximum atomic E-state index is 11.4. The van der Waals surface area contributed by atoms with Crippen molar-refractivity contribution in [1.82, 2.24) is 0 Å². The van der Waals surface area contributed by atoms with Crippen LogP contribution >= 0.6 is 0 Å². The largest absolute Gasteiger partial charge is 0.504 e. The zero-order valence-corrected chi connectivity index (χ0v) is 11.7. The summed E-state index contributed by atoms with van der Waals surface area (Å²) in [7, 11) is 0. The van der Waals surface area contributed by atoms with E-state index in [2.05, 4.69) is 0 Å². The van der Waals surface area contributed by atoms with Crippen LogP contribution < -0.4 is 11.5 Å². The molecule has 0 saturated carbocycles. The van der Waals surface area contributed by atoms with Crippen LogP contribution in [0.25, 0.3) is 0 Å². The van der Waals surface area contributed by atoms with E-state index in [1.54, 1.807) is 12.1 Å². The molecular formula is C16H16N2O4. The molecule has 2 rings (SSSR count). The average molecular weight is 300 g/mol. The molecule has 0 bridgehead atoms. The summed E-state index contributed by atoms with van der Waals surface area (Å²) >= 11 is 0. The number of hydrogen-bond donors (Lipinski definition) is 4. The van der Waals surface area contributed by atoms with Crippen molar-refractivity contribution in [3.8, 4) is 11.5 Å². The highest BCUT2D eigenvalue weighted by molar-refractivity contribution is 5.97. The molecular weight excluding hydrogens is 284 g/mol. The Morgan fingerprint density at radius 2 is 1.59 bits per heavy atom. The minimum absolute atomic E-state index is 0.197. The van der Waals surface area contributed by atoms with E-state index in [0.717, 1.165) is 5.56 Å². The number of nitrogens with two attached hydrogens (primary N) is 2. The van der Waals surface area contributed by atoms with Gasteiger partial charge in [-0.25, -0.2) is 0 Å². The van der Waals surface area contributed by atoms with Crippen LogP contribution in [0, 0.1) is 0 Å². The van der Waals surface area contributed by atoms with Crippen LogP contribution in [0.2, 0.25) is 0 Å². The molecule has 2 aromatic rings. The topological polar surface area (TPSA) is 127 Å². The van der Waals surface area contributed by atoms with Crippen molar-refractivity contribution in [1.29, 1.82) is 0 Å². The summed E-state index contributed by atoms with van der Waals surface area (Å²) in [6.45, 7) is 0. The Hall–Kier alpha value is -3.02. The van der Waals surface area contributed by atoms with Crippen LogP contribution in [0.4, 0.5) is 0 Å². The van der Waals surface area contributed by atoms with Crippen molar-refractivity contribution in [3.05, 3.63) is 58.7 Å². The molecule has 0 aliphatic heterocycles. The van der Waals surface area contributed by atoms with E-state index in [9.17, 15) is 19.8 Å². The fourth-order valence-electron chi connectivity index (χ4n) is 2.20. The molecule has 0 unspecified atom stereocenters. The second kappa shape index (κ2) is 6.17. The number of rotatable bonds is 5. The van der Waals surface area contributed by atoms with Crippen molar-refractivity contribution in [2.75, 3.05) is 0 Å². The van der Waals surface area contributed by atoms with E-state index in [4.69, 9.17) is 11.5 Å². The molecule has 2 aromatic carbocycles. The van der Waals surface area contributed by atoms with Crippen molar-refractivity contribution >= 4 is 11.8 Å². The van der Waals surface area contributed by atoms with E-state index in [1.165, 1.54) is 24.3 Å². The van der Waals surface area contributed by atoms with E-state index < -0.39 is 11.8 Å². The minimum Gasteiger partial charge on any atom is -0.504 e. The first kappa shape index (κ1) is 15.4. The van der Waals surface area contributed by atoms with Gasteiger partial charge in [0.05, 0.1) is 0 Å². The van der Waals surface area contributed by atoms with Gasteiger partial charge in [-0.3, -0.25) is 9.59 Å². The van der Waals surface area contributed by atoms with Gasteiger partial charge in [0.1, 0.15) is 0 Å². The van der Waals surface area contributed by atoms with Crippen LogP contribution in [0.3, 0.4) is 0 Å². The van der Waals surface area contributed by atoms with Crippen LogP contribution in [0.5, 0.6) is 11.5 Å². The number of hydrogen-bond acceptors (Lipinski definition) is 4. The molecule has 0 aromatic heterocycles. The molecule has 6 heteroatoms. The Labute approximate surface area is 127 Å². The summed E-state index contributed by atoms with van der Waals surface area (Å²) < 4.78 is 0. The van der Waals surface area contributed by atoms with Gasteiger partial charge in [-0.05, 0) is 54.3 Å². The third-order valence-corrected chi connectivity index (χ3v) is 3.38. The van der Waals surface area contributed by atoms with Crippen LogP contribution in [0.15, 0.2) is 36.4 Å². The zero-order chi connectivity index (χ0) is 16.3. The lowest BCUT2D eigenvalue weighted by Crippen LogP contribution is -2.17. The smallest absolute Gasteiger partial charge is 0.248 e. The molecule has 6 nitrogen and oxygen atoms in total. The van der Waals surface area contributed by atoms with Crippen molar-refractivity contribution in [2.45, 2.75) is 12.8 Å². The minimum atomic E-state index is -0.584. The molecule has 0 spiro atoms. The van der Waals surface area contributed by atoms with Gasteiger partial charge in [0.2, 0.25) is 11.8 Å². The fraction of sp³-hybridized carbons (Fsp3) is 0.125. The number of primary amides is 2. The summed E-state index contributed by atoms with van der Waals surface area (Å²) in [5.41, 5.74) is 12.6. The summed E-state index contributed by atoms with van der Waals surface area (Å²) in [6.07, 6.45) is 0.930. The third kappa shape index (κ3) is 3.35. The first-order valence-corrected chi connectivity index (χ1v) is 6.62. The number of phenolic OH excluding ortho intramolecular Hbond substituents is 2. The lowest BCUT2D eigenvalue weighted by atomic mass is 9.97. The second-order valence-corrected chi connectivity index (χ2v) is 4.92. The normalized spacial score (nSPS) is 10.4. The van der Waals surface area contributed by atoms with Crippen molar-refractivity contribution in [2.24, 2.45) is 11.5 Å². The Kier molecular flexibility index (Phi) is 4.31.